The molecule has 0 saturated carbocycles. The molecule has 1 aliphatic heterocycles. The van der Waals surface area contributed by atoms with Crippen LogP contribution in [-0.4, -0.2) is 27.8 Å². The molecule has 1 aromatic carbocycles. The first-order valence-corrected chi connectivity index (χ1v) is 7.14. The second-order valence-corrected chi connectivity index (χ2v) is 5.69. The summed E-state index contributed by atoms with van der Waals surface area (Å²) >= 11 is 0. The molecule has 2 unspecified atom stereocenters. The molecule has 1 N–H and O–H groups in total. The summed E-state index contributed by atoms with van der Waals surface area (Å²) in [7, 11) is 0. The molecule has 1 aromatic heterocycles. The van der Waals surface area contributed by atoms with Crippen LogP contribution in [0.3, 0.4) is 0 Å². The zero-order valence-electron chi connectivity index (χ0n) is 12.2. The topological polar surface area (TPSA) is 49.5 Å². The maximum absolute atomic E-state index is 13.1. The highest BCUT2D eigenvalue weighted by atomic mass is 19.1. The lowest BCUT2D eigenvalue weighted by Crippen LogP contribution is -2.24. The van der Waals surface area contributed by atoms with Crippen LogP contribution in [0.15, 0.2) is 28.8 Å². The Morgan fingerprint density at radius 3 is 2.67 bits per heavy atom. The third kappa shape index (κ3) is 2.84. The van der Waals surface area contributed by atoms with Crippen molar-refractivity contribution in [1.29, 1.82) is 0 Å². The predicted molar refractivity (Wildman–Crippen MR) is 76.2 cm³/mol. The van der Waals surface area contributed by atoms with Gasteiger partial charge in [0.15, 0.2) is 0 Å². The Morgan fingerprint density at radius 2 is 2.05 bits per heavy atom. The number of nitrogens with zero attached hydrogens (tertiary/aromatic N) is 2. The molecule has 2 aromatic rings. The fourth-order valence-corrected chi connectivity index (χ4v) is 3.02. The van der Waals surface area contributed by atoms with Crippen molar-refractivity contribution in [3.8, 4) is 0 Å². The summed E-state index contributed by atoms with van der Waals surface area (Å²) in [5.74, 6) is 0.571. The summed E-state index contributed by atoms with van der Waals surface area (Å²) in [5, 5.41) is 14.0. The number of β-amino-alcohol motifs (C(OH)–C–C–N with tert-alkyl or cyclic N) is 1. The molecule has 0 radical (unpaired) electrons. The van der Waals surface area contributed by atoms with Crippen LogP contribution in [0.1, 0.15) is 35.0 Å². The first kappa shape index (κ1) is 14.2. The minimum Gasteiger partial charge on any atom is -0.392 e. The van der Waals surface area contributed by atoms with Gasteiger partial charge in [0.2, 0.25) is 0 Å². The third-order valence-corrected chi connectivity index (χ3v) is 4.18. The largest absolute Gasteiger partial charge is 0.392 e. The van der Waals surface area contributed by atoms with E-state index in [1.165, 1.54) is 12.1 Å². The number of hydrogen-bond donors (Lipinski definition) is 1. The minimum absolute atomic E-state index is 0.0919. The normalized spacial score (nSPS) is 22.9. The van der Waals surface area contributed by atoms with Gasteiger partial charge in [0.25, 0.3) is 0 Å². The van der Waals surface area contributed by atoms with Crippen molar-refractivity contribution in [2.24, 2.45) is 0 Å². The summed E-state index contributed by atoms with van der Waals surface area (Å²) in [6.45, 7) is 5.10. The highest BCUT2D eigenvalue weighted by molar-refractivity contribution is 5.24. The highest BCUT2D eigenvalue weighted by Crippen LogP contribution is 2.34. The van der Waals surface area contributed by atoms with Gasteiger partial charge in [0.1, 0.15) is 11.6 Å². The average Bonchev–Trinajstić information content (AvgIpc) is 2.97. The smallest absolute Gasteiger partial charge is 0.138 e. The lowest BCUT2D eigenvalue weighted by molar-refractivity contribution is 0.172. The molecule has 1 saturated heterocycles. The Bertz CT molecular complexity index is 604. The summed E-state index contributed by atoms with van der Waals surface area (Å²) in [4.78, 5) is 2.20. The number of aromatic nitrogens is 1. The lowest BCUT2D eigenvalue weighted by Gasteiger charge is -2.24. The summed E-state index contributed by atoms with van der Waals surface area (Å²) < 4.78 is 18.3. The molecule has 0 spiro atoms. The second kappa shape index (κ2) is 5.58. The average molecular weight is 290 g/mol. The van der Waals surface area contributed by atoms with Crippen LogP contribution >= 0.6 is 0 Å². The van der Waals surface area contributed by atoms with Crippen molar-refractivity contribution in [2.45, 2.75) is 39.0 Å². The minimum atomic E-state index is -0.361. The number of aliphatic hydroxyl groups is 1. The van der Waals surface area contributed by atoms with Crippen LogP contribution < -0.4 is 0 Å². The molecule has 0 bridgehead atoms. The van der Waals surface area contributed by atoms with Crippen molar-refractivity contribution in [3.63, 3.8) is 0 Å². The van der Waals surface area contributed by atoms with Gasteiger partial charge in [-0.05, 0) is 38.0 Å². The molecular weight excluding hydrogens is 271 g/mol. The van der Waals surface area contributed by atoms with Crippen LogP contribution in [0.25, 0.3) is 0 Å². The first-order valence-electron chi connectivity index (χ1n) is 7.14. The molecule has 1 aliphatic rings. The number of halogens is 1. The van der Waals surface area contributed by atoms with Gasteiger partial charge in [-0.15, -0.1) is 0 Å². The van der Waals surface area contributed by atoms with Crippen molar-refractivity contribution >= 4 is 0 Å². The molecule has 1 fully saturated rings. The third-order valence-electron chi connectivity index (χ3n) is 4.18. The van der Waals surface area contributed by atoms with E-state index < -0.39 is 0 Å². The van der Waals surface area contributed by atoms with E-state index >= 15 is 0 Å². The van der Waals surface area contributed by atoms with Crippen molar-refractivity contribution in [3.05, 3.63) is 52.7 Å². The molecule has 112 valence electrons. The van der Waals surface area contributed by atoms with E-state index in [1.807, 2.05) is 13.8 Å². The monoisotopic (exact) mass is 290 g/mol. The van der Waals surface area contributed by atoms with Crippen LogP contribution in [0, 0.1) is 19.7 Å². The van der Waals surface area contributed by atoms with Crippen LogP contribution in [0.4, 0.5) is 4.39 Å². The summed E-state index contributed by atoms with van der Waals surface area (Å²) in [5.41, 5.74) is 2.97. The van der Waals surface area contributed by atoms with Crippen molar-refractivity contribution in [2.75, 3.05) is 6.54 Å². The summed E-state index contributed by atoms with van der Waals surface area (Å²) in [6, 6.07) is 6.60. The van der Waals surface area contributed by atoms with Gasteiger partial charge >= 0.3 is 0 Å². The molecule has 0 amide bonds. The second-order valence-electron chi connectivity index (χ2n) is 5.69. The molecule has 2 atom stereocenters. The number of likely N-dealkylation sites (tertiary alicyclic amines) is 1. The zero-order chi connectivity index (χ0) is 15.0. The van der Waals surface area contributed by atoms with E-state index in [9.17, 15) is 9.50 Å². The number of rotatable bonds is 3. The van der Waals surface area contributed by atoms with Gasteiger partial charge in [-0.3, -0.25) is 4.90 Å². The van der Waals surface area contributed by atoms with Gasteiger partial charge in [0, 0.05) is 24.7 Å². The number of benzene rings is 1. The van der Waals surface area contributed by atoms with Gasteiger partial charge in [0.05, 0.1) is 11.8 Å². The van der Waals surface area contributed by atoms with Crippen LogP contribution in [0.5, 0.6) is 0 Å². The van der Waals surface area contributed by atoms with Gasteiger partial charge < -0.3 is 9.63 Å². The van der Waals surface area contributed by atoms with E-state index in [-0.39, 0.29) is 18.0 Å². The van der Waals surface area contributed by atoms with Gasteiger partial charge in [-0.2, -0.15) is 0 Å². The van der Waals surface area contributed by atoms with E-state index in [0.29, 0.717) is 19.5 Å². The van der Waals surface area contributed by atoms with Crippen molar-refractivity contribution in [1.82, 2.24) is 10.1 Å². The maximum Gasteiger partial charge on any atom is 0.138 e. The number of aryl methyl sites for hydroxylation is 2. The van der Waals surface area contributed by atoms with E-state index in [2.05, 4.69) is 10.1 Å². The Hall–Kier alpha value is -1.72. The van der Waals surface area contributed by atoms with Crippen LogP contribution in [0.2, 0.25) is 0 Å². The fraction of sp³-hybridized carbons (Fsp3) is 0.438. The molecule has 2 heterocycles. The molecule has 21 heavy (non-hydrogen) atoms. The van der Waals surface area contributed by atoms with Gasteiger partial charge in [-0.25, -0.2) is 4.39 Å². The number of hydrogen-bond acceptors (Lipinski definition) is 4. The highest BCUT2D eigenvalue weighted by Gasteiger charge is 2.33. The van der Waals surface area contributed by atoms with E-state index in [0.717, 1.165) is 22.6 Å². The molecule has 0 aliphatic carbocycles. The number of aliphatic hydroxyl groups excluding tert-OH is 1. The van der Waals surface area contributed by atoms with E-state index in [1.54, 1.807) is 12.1 Å². The molecule has 3 rings (SSSR count). The lowest BCUT2D eigenvalue weighted by atomic mass is 10.0. The molecule has 4 nitrogen and oxygen atoms in total. The Kier molecular flexibility index (Phi) is 3.78. The fourth-order valence-electron chi connectivity index (χ4n) is 3.02. The Labute approximate surface area is 123 Å². The van der Waals surface area contributed by atoms with E-state index in [4.69, 9.17) is 4.52 Å². The Morgan fingerprint density at radius 1 is 1.33 bits per heavy atom. The quantitative estimate of drug-likeness (QED) is 0.944. The van der Waals surface area contributed by atoms with Crippen LogP contribution in [-0.2, 0) is 6.54 Å². The summed E-state index contributed by atoms with van der Waals surface area (Å²) in [6.07, 6.45) is 0.301. The first-order chi connectivity index (χ1) is 10.0. The molecule has 5 heteroatoms. The molecular formula is C16H19FN2O2. The standard InChI is InChI=1S/C16H19FN2O2/c1-10-15(11(2)21-18-10)9-19-8-14(20)7-16(19)12-3-5-13(17)6-4-12/h3-6,14,16,20H,7-9H2,1-2H3. The zero-order valence-corrected chi connectivity index (χ0v) is 12.2. The van der Waals surface area contributed by atoms with Crippen molar-refractivity contribution < 1.29 is 14.0 Å². The maximum atomic E-state index is 13.1. The van der Waals surface area contributed by atoms with Gasteiger partial charge in [-0.1, -0.05) is 17.3 Å². The SMILES string of the molecule is Cc1noc(C)c1CN1CC(O)CC1c1ccc(F)cc1. The Balaban J connectivity index is 1.84. The predicted octanol–water partition coefficient (Wildman–Crippen LogP) is 2.74.